The lowest BCUT2D eigenvalue weighted by atomic mass is 10.1. The topological polar surface area (TPSA) is 58.6 Å². The normalized spacial score (nSPS) is 18.8. The summed E-state index contributed by atoms with van der Waals surface area (Å²) in [6, 6.07) is 4.32. The fourth-order valence-electron chi connectivity index (χ4n) is 2.00. The zero-order valence-corrected chi connectivity index (χ0v) is 10.7. The smallest absolute Gasteiger partial charge is 0.252 e. The molecule has 1 saturated heterocycles. The molecule has 0 bridgehead atoms. The Morgan fingerprint density at radius 3 is 3.11 bits per heavy atom. The summed E-state index contributed by atoms with van der Waals surface area (Å²) < 4.78 is 5.47. The first-order chi connectivity index (χ1) is 8.66. The molecule has 1 aliphatic rings. The number of benzene rings is 1. The van der Waals surface area contributed by atoms with Gasteiger partial charge >= 0.3 is 0 Å². The molecule has 2 N–H and O–H groups in total. The minimum Gasteiger partial charge on any atom is -0.508 e. The summed E-state index contributed by atoms with van der Waals surface area (Å²) in [7, 11) is 0. The third-order valence-electron chi connectivity index (χ3n) is 2.97. The largest absolute Gasteiger partial charge is 0.508 e. The summed E-state index contributed by atoms with van der Waals surface area (Å²) in [5, 5.41) is 12.4. The van der Waals surface area contributed by atoms with E-state index in [0.717, 1.165) is 25.9 Å². The van der Waals surface area contributed by atoms with Gasteiger partial charge in [0, 0.05) is 13.2 Å². The van der Waals surface area contributed by atoms with Crippen molar-refractivity contribution >= 4 is 17.5 Å². The quantitative estimate of drug-likeness (QED) is 0.882. The number of nitrogens with one attached hydrogen (secondary N) is 1. The molecule has 4 nitrogen and oxygen atoms in total. The number of hydrogen-bond acceptors (Lipinski definition) is 3. The van der Waals surface area contributed by atoms with E-state index in [9.17, 15) is 9.90 Å². The van der Waals surface area contributed by atoms with Gasteiger partial charge in [0.25, 0.3) is 5.91 Å². The van der Waals surface area contributed by atoms with E-state index in [1.807, 2.05) is 0 Å². The summed E-state index contributed by atoms with van der Waals surface area (Å²) in [4.78, 5) is 11.8. The van der Waals surface area contributed by atoms with E-state index >= 15 is 0 Å². The van der Waals surface area contributed by atoms with Gasteiger partial charge in [0.1, 0.15) is 5.75 Å². The van der Waals surface area contributed by atoms with Crippen LogP contribution in [0.4, 0.5) is 0 Å². The Morgan fingerprint density at radius 1 is 1.56 bits per heavy atom. The van der Waals surface area contributed by atoms with Gasteiger partial charge in [-0.2, -0.15) is 0 Å². The van der Waals surface area contributed by atoms with Crippen molar-refractivity contribution in [3.05, 3.63) is 28.8 Å². The van der Waals surface area contributed by atoms with Crippen LogP contribution < -0.4 is 5.32 Å². The van der Waals surface area contributed by atoms with Crippen LogP contribution in [0.25, 0.3) is 0 Å². The Labute approximate surface area is 111 Å². The first-order valence-corrected chi connectivity index (χ1v) is 6.43. The SMILES string of the molecule is O=C(NCCC1CCCO1)c1cc(O)ccc1Cl. The fourth-order valence-corrected chi connectivity index (χ4v) is 2.20. The van der Waals surface area contributed by atoms with Crippen molar-refractivity contribution in [2.75, 3.05) is 13.2 Å². The van der Waals surface area contributed by atoms with Gasteiger partial charge in [0.05, 0.1) is 16.7 Å². The van der Waals surface area contributed by atoms with Crippen LogP contribution in [0.1, 0.15) is 29.6 Å². The maximum atomic E-state index is 11.8. The van der Waals surface area contributed by atoms with Gasteiger partial charge in [-0.3, -0.25) is 4.79 Å². The third kappa shape index (κ3) is 3.37. The number of phenols is 1. The summed E-state index contributed by atoms with van der Waals surface area (Å²) >= 11 is 5.90. The van der Waals surface area contributed by atoms with Gasteiger partial charge in [-0.1, -0.05) is 11.6 Å². The molecule has 1 amide bonds. The van der Waals surface area contributed by atoms with Crippen LogP contribution in [0.5, 0.6) is 5.75 Å². The van der Waals surface area contributed by atoms with Crippen molar-refractivity contribution in [2.45, 2.75) is 25.4 Å². The van der Waals surface area contributed by atoms with Gasteiger partial charge in [-0.25, -0.2) is 0 Å². The fraction of sp³-hybridized carbons (Fsp3) is 0.462. The predicted molar refractivity (Wildman–Crippen MR) is 69.0 cm³/mol. The molecule has 0 saturated carbocycles. The molecule has 1 aliphatic heterocycles. The second-order valence-electron chi connectivity index (χ2n) is 4.34. The molecule has 0 radical (unpaired) electrons. The summed E-state index contributed by atoms with van der Waals surface area (Å²) in [5.41, 5.74) is 0.295. The first kappa shape index (κ1) is 13.2. The first-order valence-electron chi connectivity index (χ1n) is 6.05. The number of ether oxygens (including phenoxy) is 1. The molecule has 1 aromatic carbocycles. The Hall–Kier alpha value is -1.26. The van der Waals surface area contributed by atoms with E-state index in [4.69, 9.17) is 16.3 Å². The summed E-state index contributed by atoms with van der Waals surface area (Å²) in [6.45, 7) is 1.37. The lowest BCUT2D eigenvalue weighted by Crippen LogP contribution is -2.27. The highest BCUT2D eigenvalue weighted by Crippen LogP contribution is 2.21. The lowest BCUT2D eigenvalue weighted by Gasteiger charge is -2.10. The number of aromatic hydroxyl groups is 1. The Balaban J connectivity index is 1.85. The van der Waals surface area contributed by atoms with Crippen molar-refractivity contribution in [1.82, 2.24) is 5.32 Å². The maximum Gasteiger partial charge on any atom is 0.252 e. The lowest BCUT2D eigenvalue weighted by molar-refractivity contribution is 0.0907. The van der Waals surface area contributed by atoms with Crippen molar-refractivity contribution in [3.63, 3.8) is 0 Å². The molecule has 0 aromatic heterocycles. The van der Waals surface area contributed by atoms with Gasteiger partial charge in [0.15, 0.2) is 0 Å². The molecule has 0 spiro atoms. The molecule has 0 aliphatic carbocycles. The molecule has 1 fully saturated rings. The second kappa shape index (κ2) is 6.07. The zero-order valence-electron chi connectivity index (χ0n) is 9.99. The molecule has 2 rings (SSSR count). The van der Waals surface area contributed by atoms with E-state index in [2.05, 4.69) is 5.32 Å². The van der Waals surface area contributed by atoms with E-state index in [1.165, 1.54) is 18.2 Å². The van der Waals surface area contributed by atoms with E-state index in [-0.39, 0.29) is 17.8 Å². The molecular formula is C13H16ClNO3. The van der Waals surface area contributed by atoms with Crippen molar-refractivity contribution < 1.29 is 14.6 Å². The number of carbonyl (C=O) groups is 1. The highest BCUT2D eigenvalue weighted by molar-refractivity contribution is 6.33. The van der Waals surface area contributed by atoms with Crippen LogP contribution in [0, 0.1) is 0 Å². The average Bonchev–Trinajstić information content (AvgIpc) is 2.85. The Morgan fingerprint density at radius 2 is 2.39 bits per heavy atom. The maximum absolute atomic E-state index is 11.8. The van der Waals surface area contributed by atoms with E-state index in [0.29, 0.717) is 17.1 Å². The molecule has 1 heterocycles. The predicted octanol–water partition coefficient (Wildman–Crippen LogP) is 2.34. The number of halogens is 1. The number of phenolic OH excluding ortho intramolecular Hbond substituents is 1. The van der Waals surface area contributed by atoms with Gasteiger partial charge in [-0.15, -0.1) is 0 Å². The Kier molecular flexibility index (Phi) is 4.44. The average molecular weight is 270 g/mol. The minimum atomic E-state index is -0.270. The molecule has 1 unspecified atom stereocenters. The number of rotatable bonds is 4. The molecule has 5 heteroatoms. The Bertz CT molecular complexity index is 430. The monoisotopic (exact) mass is 269 g/mol. The van der Waals surface area contributed by atoms with Crippen molar-refractivity contribution in [2.24, 2.45) is 0 Å². The third-order valence-corrected chi connectivity index (χ3v) is 3.30. The van der Waals surface area contributed by atoms with Gasteiger partial charge < -0.3 is 15.2 Å². The molecule has 1 aromatic rings. The van der Waals surface area contributed by atoms with Crippen LogP contribution in [-0.2, 0) is 4.74 Å². The summed E-state index contributed by atoms with van der Waals surface area (Å²) in [5.74, 6) is -0.238. The standard InChI is InChI=1S/C13H16ClNO3/c14-12-4-3-9(16)8-11(12)13(17)15-6-5-10-2-1-7-18-10/h3-4,8,10,16H,1-2,5-7H2,(H,15,17). The highest BCUT2D eigenvalue weighted by Gasteiger charge is 2.16. The number of carbonyl (C=O) groups excluding carboxylic acids is 1. The van der Waals surface area contributed by atoms with E-state index < -0.39 is 0 Å². The minimum absolute atomic E-state index is 0.0312. The van der Waals surface area contributed by atoms with Crippen molar-refractivity contribution in [1.29, 1.82) is 0 Å². The van der Waals surface area contributed by atoms with Crippen LogP contribution in [-0.4, -0.2) is 30.3 Å². The number of amides is 1. The van der Waals surface area contributed by atoms with Crippen LogP contribution in [0.15, 0.2) is 18.2 Å². The van der Waals surface area contributed by atoms with Crippen LogP contribution >= 0.6 is 11.6 Å². The number of hydrogen-bond donors (Lipinski definition) is 2. The second-order valence-corrected chi connectivity index (χ2v) is 4.75. The molecular weight excluding hydrogens is 254 g/mol. The highest BCUT2D eigenvalue weighted by atomic mass is 35.5. The van der Waals surface area contributed by atoms with Gasteiger partial charge in [0.2, 0.25) is 0 Å². The molecule has 98 valence electrons. The molecule has 1 atom stereocenters. The van der Waals surface area contributed by atoms with E-state index in [1.54, 1.807) is 0 Å². The van der Waals surface area contributed by atoms with Crippen molar-refractivity contribution in [3.8, 4) is 5.75 Å². The van der Waals surface area contributed by atoms with Crippen LogP contribution in [0.2, 0.25) is 5.02 Å². The van der Waals surface area contributed by atoms with Crippen LogP contribution in [0.3, 0.4) is 0 Å². The zero-order chi connectivity index (χ0) is 13.0. The molecule has 18 heavy (non-hydrogen) atoms. The van der Waals surface area contributed by atoms with Gasteiger partial charge in [-0.05, 0) is 37.5 Å². The summed E-state index contributed by atoms with van der Waals surface area (Å²) in [6.07, 6.45) is 3.21.